The monoisotopic (exact) mass is 266 g/mol. The van der Waals surface area contributed by atoms with Crippen LogP contribution in [0.1, 0.15) is 23.2 Å². The molecule has 0 bridgehead atoms. The molecule has 1 aromatic heterocycles. The molecule has 0 fully saturated rings. The van der Waals surface area contributed by atoms with Crippen molar-refractivity contribution in [2.24, 2.45) is 0 Å². The van der Waals surface area contributed by atoms with E-state index in [1.54, 1.807) is 5.56 Å². The summed E-state index contributed by atoms with van der Waals surface area (Å²) in [6, 6.07) is 15.7. The zero-order chi connectivity index (χ0) is 13.8. The molecule has 2 heteroatoms. The van der Waals surface area contributed by atoms with Crippen LogP contribution in [0.3, 0.4) is 0 Å². The summed E-state index contributed by atoms with van der Waals surface area (Å²) in [5.74, 6) is 0. The van der Waals surface area contributed by atoms with Crippen molar-refractivity contribution in [3.8, 4) is 0 Å². The van der Waals surface area contributed by atoms with Gasteiger partial charge in [-0.3, -0.25) is 4.98 Å². The molecule has 1 aliphatic carbocycles. The van der Waals surface area contributed by atoms with Gasteiger partial charge in [0, 0.05) is 30.9 Å². The number of nitrogens with zero attached hydrogens (tertiary/aromatic N) is 2. The zero-order valence-corrected chi connectivity index (χ0v) is 12.1. The molecule has 1 aliphatic rings. The van der Waals surface area contributed by atoms with Crippen molar-refractivity contribution in [3.63, 3.8) is 0 Å². The maximum atomic E-state index is 4.41. The summed E-state index contributed by atoms with van der Waals surface area (Å²) in [6.07, 6.45) is 6.60. The lowest BCUT2D eigenvalue weighted by atomic mass is 9.87. The second kappa shape index (κ2) is 6.19. The van der Waals surface area contributed by atoms with E-state index < -0.39 is 0 Å². The number of hydrogen-bond acceptors (Lipinski definition) is 2. The van der Waals surface area contributed by atoms with E-state index >= 15 is 0 Å². The van der Waals surface area contributed by atoms with E-state index in [0.717, 1.165) is 13.0 Å². The van der Waals surface area contributed by atoms with E-state index in [2.05, 4.69) is 53.3 Å². The molecule has 2 nitrogen and oxygen atoms in total. The van der Waals surface area contributed by atoms with Crippen LogP contribution < -0.4 is 0 Å². The Labute approximate surface area is 121 Å². The minimum atomic E-state index is 0.675. The maximum absolute atomic E-state index is 4.41. The third kappa shape index (κ3) is 3.07. The van der Waals surface area contributed by atoms with E-state index in [-0.39, 0.29) is 0 Å². The second-order valence-electron chi connectivity index (χ2n) is 5.72. The molecule has 3 rings (SSSR count). The molecule has 0 N–H and O–H groups in total. The van der Waals surface area contributed by atoms with E-state index in [1.165, 1.54) is 30.5 Å². The van der Waals surface area contributed by atoms with Crippen LogP contribution in [0.25, 0.3) is 0 Å². The Bertz CT molecular complexity index is 550. The van der Waals surface area contributed by atoms with Crippen LogP contribution in [0.15, 0.2) is 48.7 Å². The Hall–Kier alpha value is -1.67. The highest BCUT2D eigenvalue weighted by Gasteiger charge is 2.21. The quantitative estimate of drug-likeness (QED) is 0.845. The summed E-state index contributed by atoms with van der Waals surface area (Å²) in [7, 11) is 2.25. The molecule has 0 amide bonds. The Balaban J connectivity index is 1.58. The number of benzene rings is 1. The summed E-state index contributed by atoms with van der Waals surface area (Å²) in [6.45, 7) is 1.09. The molecule has 0 radical (unpaired) electrons. The smallest absolute Gasteiger partial charge is 0.0416 e. The van der Waals surface area contributed by atoms with Gasteiger partial charge in [0.2, 0.25) is 0 Å². The van der Waals surface area contributed by atoms with Gasteiger partial charge in [-0.25, -0.2) is 0 Å². The molecular weight excluding hydrogens is 244 g/mol. The number of aryl methyl sites for hydroxylation is 1. The van der Waals surface area contributed by atoms with Gasteiger partial charge in [0.15, 0.2) is 0 Å². The fourth-order valence-electron chi connectivity index (χ4n) is 3.07. The molecule has 1 heterocycles. The van der Waals surface area contributed by atoms with Crippen molar-refractivity contribution in [2.45, 2.75) is 31.7 Å². The number of aromatic nitrogens is 1. The first-order chi connectivity index (χ1) is 9.83. The number of rotatable bonds is 4. The Kier molecular flexibility index (Phi) is 4.12. The number of hydrogen-bond donors (Lipinski definition) is 0. The third-order valence-electron chi connectivity index (χ3n) is 4.39. The van der Waals surface area contributed by atoms with Crippen LogP contribution in [0, 0.1) is 0 Å². The van der Waals surface area contributed by atoms with Crippen LogP contribution in [-0.4, -0.2) is 29.5 Å². The van der Waals surface area contributed by atoms with Crippen LogP contribution in [0.2, 0.25) is 0 Å². The molecule has 2 aromatic rings. The van der Waals surface area contributed by atoms with Gasteiger partial charge >= 0.3 is 0 Å². The molecule has 1 unspecified atom stereocenters. The molecule has 0 aliphatic heterocycles. The number of likely N-dealkylation sites (N-methyl/N-ethyl adjacent to an activating group) is 1. The lowest BCUT2D eigenvalue weighted by molar-refractivity contribution is 0.224. The Morgan fingerprint density at radius 3 is 2.70 bits per heavy atom. The van der Waals surface area contributed by atoms with Gasteiger partial charge in [0.25, 0.3) is 0 Å². The van der Waals surface area contributed by atoms with Gasteiger partial charge in [-0.15, -0.1) is 0 Å². The lowest BCUT2D eigenvalue weighted by Gasteiger charge is -2.32. The predicted octanol–water partition coefficient (Wildman–Crippen LogP) is 3.11. The minimum Gasteiger partial charge on any atom is -0.303 e. The summed E-state index contributed by atoms with van der Waals surface area (Å²) in [5, 5.41) is 0. The van der Waals surface area contributed by atoms with Crippen molar-refractivity contribution < 1.29 is 0 Å². The highest BCUT2D eigenvalue weighted by Crippen LogP contribution is 2.23. The topological polar surface area (TPSA) is 16.1 Å². The van der Waals surface area contributed by atoms with Crippen molar-refractivity contribution >= 4 is 0 Å². The highest BCUT2D eigenvalue weighted by molar-refractivity contribution is 5.30. The first-order valence-corrected chi connectivity index (χ1v) is 7.50. The van der Waals surface area contributed by atoms with Gasteiger partial charge in [0.1, 0.15) is 0 Å². The van der Waals surface area contributed by atoms with Gasteiger partial charge < -0.3 is 4.90 Å². The van der Waals surface area contributed by atoms with E-state index in [4.69, 9.17) is 0 Å². The van der Waals surface area contributed by atoms with Crippen molar-refractivity contribution in [2.75, 3.05) is 13.6 Å². The molecule has 1 atom stereocenters. The molecule has 0 spiro atoms. The zero-order valence-electron chi connectivity index (χ0n) is 12.1. The van der Waals surface area contributed by atoms with Gasteiger partial charge in [-0.1, -0.05) is 30.3 Å². The maximum Gasteiger partial charge on any atom is 0.0416 e. The van der Waals surface area contributed by atoms with Crippen molar-refractivity contribution in [1.29, 1.82) is 0 Å². The summed E-state index contributed by atoms with van der Waals surface area (Å²) >= 11 is 0. The largest absolute Gasteiger partial charge is 0.303 e. The fourth-order valence-corrected chi connectivity index (χ4v) is 3.07. The highest BCUT2D eigenvalue weighted by atomic mass is 15.1. The van der Waals surface area contributed by atoms with Crippen LogP contribution in [0.5, 0.6) is 0 Å². The van der Waals surface area contributed by atoms with Crippen LogP contribution in [-0.2, 0) is 19.3 Å². The molecular formula is C18H22N2. The molecule has 1 aromatic carbocycles. The Morgan fingerprint density at radius 1 is 1.10 bits per heavy atom. The summed E-state index contributed by atoms with van der Waals surface area (Å²) < 4.78 is 0. The summed E-state index contributed by atoms with van der Waals surface area (Å²) in [4.78, 5) is 6.91. The number of pyridine rings is 1. The van der Waals surface area contributed by atoms with Gasteiger partial charge in [-0.2, -0.15) is 0 Å². The average Bonchev–Trinajstić information content (AvgIpc) is 2.53. The predicted molar refractivity (Wildman–Crippen MR) is 82.8 cm³/mol. The van der Waals surface area contributed by atoms with E-state index in [0.29, 0.717) is 6.04 Å². The average molecular weight is 266 g/mol. The van der Waals surface area contributed by atoms with Crippen molar-refractivity contribution in [3.05, 3.63) is 65.5 Å². The normalized spacial score (nSPS) is 18.0. The first-order valence-electron chi connectivity index (χ1n) is 7.50. The third-order valence-corrected chi connectivity index (χ3v) is 4.39. The molecule has 104 valence electrons. The van der Waals surface area contributed by atoms with E-state index in [1.807, 2.05) is 12.3 Å². The summed E-state index contributed by atoms with van der Waals surface area (Å²) in [5.41, 5.74) is 4.27. The lowest BCUT2D eigenvalue weighted by Crippen LogP contribution is -2.37. The van der Waals surface area contributed by atoms with Crippen LogP contribution >= 0.6 is 0 Å². The standard InChI is InChI=1S/C18H22N2/c1-20(13-11-17-8-4-5-12-19-17)18-10-9-15-6-2-3-7-16(15)14-18/h2-8,12,18H,9-11,13-14H2,1H3. The van der Waals surface area contributed by atoms with E-state index in [9.17, 15) is 0 Å². The minimum absolute atomic E-state index is 0.675. The van der Waals surface area contributed by atoms with Crippen molar-refractivity contribution in [1.82, 2.24) is 9.88 Å². The second-order valence-corrected chi connectivity index (χ2v) is 5.72. The SMILES string of the molecule is CN(CCc1ccccn1)C1CCc2ccccc2C1. The molecule has 0 saturated heterocycles. The number of fused-ring (bicyclic) bond motifs is 1. The Morgan fingerprint density at radius 2 is 1.90 bits per heavy atom. The van der Waals surface area contributed by atoms with Crippen LogP contribution in [0.4, 0.5) is 0 Å². The molecule has 20 heavy (non-hydrogen) atoms. The fraction of sp³-hybridized carbons (Fsp3) is 0.389. The van der Waals surface area contributed by atoms with Gasteiger partial charge in [-0.05, 0) is 49.6 Å². The van der Waals surface area contributed by atoms with Gasteiger partial charge in [0.05, 0.1) is 0 Å². The molecule has 0 saturated carbocycles. The first kappa shape index (κ1) is 13.3.